The van der Waals surface area contributed by atoms with Gasteiger partial charge < -0.3 is 11.5 Å². The normalized spacial score (nSPS) is 10.6. The Morgan fingerprint density at radius 3 is 2.74 bits per heavy atom. The molecule has 0 aliphatic carbocycles. The first kappa shape index (κ1) is 15.2. The van der Waals surface area contributed by atoms with Gasteiger partial charge in [0.1, 0.15) is 0 Å². The SMILES string of the molecule is NC(=O)c1ccccc1C[CH]c1cccc(-c2csc(N)n2)c1. The number of aromatic nitrogens is 1. The molecule has 0 atom stereocenters. The van der Waals surface area contributed by atoms with Gasteiger partial charge in [-0.1, -0.05) is 36.4 Å². The first-order valence-corrected chi connectivity index (χ1v) is 8.04. The minimum absolute atomic E-state index is 0.402. The minimum Gasteiger partial charge on any atom is -0.375 e. The second-order valence-corrected chi connectivity index (χ2v) is 6.02. The Morgan fingerprint density at radius 1 is 1.17 bits per heavy atom. The topological polar surface area (TPSA) is 82.0 Å². The molecule has 1 radical (unpaired) electrons. The van der Waals surface area contributed by atoms with Crippen LogP contribution in [0, 0.1) is 6.42 Å². The molecule has 4 N–H and O–H groups in total. The van der Waals surface area contributed by atoms with Crippen molar-refractivity contribution in [3.63, 3.8) is 0 Å². The number of primary amides is 1. The van der Waals surface area contributed by atoms with Crippen LogP contribution in [0.1, 0.15) is 21.5 Å². The Balaban J connectivity index is 1.78. The highest BCUT2D eigenvalue weighted by Crippen LogP contribution is 2.24. The molecule has 0 aliphatic rings. The number of carbonyl (C=O) groups is 1. The van der Waals surface area contributed by atoms with Crippen molar-refractivity contribution < 1.29 is 4.79 Å². The molecule has 3 aromatic rings. The molecule has 1 amide bonds. The highest BCUT2D eigenvalue weighted by Gasteiger charge is 2.08. The third-order valence-electron chi connectivity index (χ3n) is 3.54. The van der Waals surface area contributed by atoms with Gasteiger partial charge in [0.05, 0.1) is 5.69 Å². The smallest absolute Gasteiger partial charge is 0.248 e. The van der Waals surface area contributed by atoms with Gasteiger partial charge in [0.2, 0.25) is 5.91 Å². The van der Waals surface area contributed by atoms with E-state index in [9.17, 15) is 4.79 Å². The van der Waals surface area contributed by atoms with Crippen molar-refractivity contribution >= 4 is 22.4 Å². The summed E-state index contributed by atoms with van der Waals surface area (Å²) in [6.07, 6.45) is 2.71. The number of thiazole rings is 1. The van der Waals surface area contributed by atoms with Crippen molar-refractivity contribution in [2.45, 2.75) is 6.42 Å². The summed E-state index contributed by atoms with van der Waals surface area (Å²) in [6, 6.07) is 15.5. The van der Waals surface area contributed by atoms with Crippen molar-refractivity contribution in [1.29, 1.82) is 0 Å². The van der Waals surface area contributed by atoms with Gasteiger partial charge in [-0.05, 0) is 36.1 Å². The highest BCUT2D eigenvalue weighted by molar-refractivity contribution is 7.13. The first-order chi connectivity index (χ1) is 11.1. The monoisotopic (exact) mass is 322 g/mol. The van der Waals surface area contributed by atoms with E-state index in [4.69, 9.17) is 11.5 Å². The Hall–Kier alpha value is -2.66. The lowest BCUT2D eigenvalue weighted by Crippen LogP contribution is -2.13. The lowest BCUT2D eigenvalue weighted by Gasteiger charge is -2.07. The fourth-order valence-corrected chi connectivity index (χ4v) is 2.98. The molecule has 1 heterocycles. The molecule has 0 saturated carbocycles. The number of rotatable bonds is 5. The van der Waals surface area contributed by atoms with Crippen LogP contribution in [0.4, 0.5) is 5.13 Å². The Morgan fingerprint density at radius 2 is 2.00 bits per heavy atom. The van der Waals surface area contributed by atoms with Crippen LogP contribution >= 0.6 is 11.3 Å². The first-order valence-electron chi connectivity index (χ1n) is 7.16. The molecule has 2 aromatic carbocycles. The molecule has 0 unspecified atom stereocenters. The quantitative estimate of drug-likeness (QED) is 0.756. The Kier molecular flexibility index (Phi) is 4.39. The van der Waals surface area contributed by atoms with Crippen LogP contribution < -0.4 is 11.5 Å². The molecular weight excluding hydrogens is 306 g/mol. The Bertz CT molecular complexity index is 842. The molecule has 23 heavy (non-hydrogen) atoms. The third kappa shape index (κ3) is 3.57. The van der Waals surface area contributed by atoms with E-state index in [1.54, 1.807) is 6.07 Å². The maximum absolute atomic E-state index is 11.5. The number of nitrogens with zero attached hydrogens (tertiary/aromatic N) is 1. The number of anilines is 1. The summed E-state index contributed by atoms with van der Waals surface area (Å²) in [5.74, 6) is -0.402. The highest BCUT2D eigenvalue weighted by atomic mass is 32.1. The number of hydrogen-bond donors (Lipinski definition) is 2. The number of nitrogens with two attached hydrogens (primary N) is 2. The predicted octanol–water partition coefficient (Wildman–Crippen LogP) is 3.29. The second-order valence-electron chi connectivity index (χ2n) is 5.13. The summed E-state index contributed by atoms with van der Waals surface area (Å²) in [5, 5.41) is 2.50. The van der Waals surface area contributed by atoms with E-state index in [2.05, 4.69) is 17.5 Å². The van der Waals surface area contributed by atoms with Crippen molar-refractivity contribution in [2.75, 3.05) is 5.73 Å². The molecule has 0 fully saturated rings. The average Bonchev–Trinajstić information content (AvgIpc) is 3.00. The summed E-state index contributed by atoms with van der Waals surface area (Å²) in [7, 11) is 0. The Labute approximate surface area is 138 Å². The maximum Gasteiger partial charge on any atom is 0.248 e. The zero-order chi connectivity index (χ0) is 16.2. The number of carbonyl (C=O) groups excluding carboxylic acids is 1. The molecule has 3 rings (SSSR count). The van der Waals surface area contributed by atoms with E-state index in [1.165, 1.54) is 11.3 Å². The van der Waals surface area contributed by atoms with Crippen LogP contribution in [0.25, 0.3) is 11.3 Å². The summed E-state index contributed by atoms with van der Waals surface area (Å²) in [6.45, 7) is 0. The lowest BCUT2D eigenvalue weighted by molar-refractivity contribution is 0.0999. The molecule has 0 bridgehead atoms. The molecule has 4 nitrogen and oxygen atoms in total. The molecular formula is C18H16N3OS. The van der Waals surface area contributed by atoms with Crippen LogP contribution in [0.5, 0.6) is 0 Å². The fourth-order valence-electron chi connectivity index (χ4n) is 2.41. The molecule has 1 aromatic heterocycles. The summed E-state index contributed by atoms with van der Waals surface area (Å²) < 4.78 is 0. The van der Waals surface area contributed by atoms with Gasteiger partial charge in [-0.3, -0.25) is 4.79 Å². The van der Waals surface area contributed by atoms with Crippen LogP contribution in [-0.2, 0) is 6.42 Å². The van der Waals surface area contributed by atoms with Crippen LogP contribution in [0.15, 0.2) is 53.9 Å². The van der Waals surface area contributed by atoms with E-state index >= 15 is 0 Å². The van der Waals surface area contributed by atoms with E-state index in [1.807, 2.05) is 41.8 Å². The molecule has 0 spiro atoms. The van der Waals surface area contributed by atoms with Gasteiger partial charge in [-0.25, -0.2) is 4.98 Å². The van der Waals surface area contributed by atoms with Gasteiger partial charge in [0, 0.05) is 16.5 Å². The lowest BCUT2D eigenvalue weighted by atomic mass is 9.98. The van der Waals surface area contributed by atoms with Gasteiger partial charge in [-0.15, -0.1) is 11.3 Å². The molecule has 5 heteroatoms. The number of nitrogen functional groups attached to an aromatic ring is 1. The molecule has 0 saturated heterocycles. The largest absolute Gasteiger partial charge is 0.375 e. The average molecular weight is 322 g/mol. The minimum atomic E-state index is -0.402. The third-order valence-corrected chi connectivity index (χ3v) is 4.22. The fraction of sp³-hybridized carbons (Fsp3) is 0.0556. The van der Waals surface area contributed by atoms with Gasteiger partial charge >= 0.3 is 0 Å². The van der Waals surface area contributed by atoms with Gasteiger partial charge in [0.25, 0.3) is 0 Å². The maximum atomic E-state index is 11.5. The molecule has 0 aliphatic heterocycles. The van der Waals surface area contributed by atoms with E-state index in [0.717, 1.165) is 22.4 Å². The van der Waals surface area contributed by atoms with Gasteiger partial charge in [0.15, 0.2) is 5.13 Å². The molecule has 115 valence electrons. The van der Waals surface area contributed by atoms with Crippen molar-refractivity contribution in [2.24, 2.45) is 5.73 Å². The van der Waals surface area contributed by atoms with Crippen LogP contribution in [-0.4, -0.2) is 10.9 Å². The number of hydrogen-bond acceptors (Lipinski definition) is 4. The van der Waals surface area contributed by atoms with Crippen LogP contribution in [0.2, 0.25) is 0 Å². The number of benzene rings is 2. The van der Waals surface area contributed by atoms with Crippen molar-refractivity contribution in [1.82, 2.24) is 4.98 Å². The van der Waals surface area contributed by atoms with E-state index in [0.29, 0.717) is 17.1 Å². The standard InChI is InChI=1S/C18H16N3OS/c19-17(22)15-7-2-1-5-13(15)9-8-12-4-3-6-14(10-12)16-11-23-18(20)21-16/h1-8,10-11H,9H2,(H2,19,22)(H2,20,21). The zero-order valence-electron chi connectivity index (χ0n) is 12.4. The van der Waals surface area contributed by atoms with Crippen molar-refractivity contribution in [3.8, 4) is 11.3 Å². The second kappa shape index (κ2) is 6.62. The summed E-state index contributed by atoms with van der Waals surface area (Å²) >= 11 is 1.43. The van der Waals surface area contributed by atoms with E-state index < -0.39 is 5.91 Å². The zero-order valence-corrected chi connectivity index (χ0v) is 13.2. The predicted molar refractivity (Wildman–Crippen MR) is 94.0 cm³/mol. The van der Waals surface area contributed by atoms with Crippen molar-refractivity contribution in [3.05, 3.63) is 77.0 Å². The van der Waals surface area contributed by atoms with Gasteiger partial charge in [-0.2, -0.15) is 0 Å². The summed E-state index contributed by atoms with van der Waals surface area (Å²) in [5.41, 5.74) is 15.5. The summed E-state index contributed by atoms with van der Waals surface area (Å²) in [4.78, 5) is 15.8. The van der Waals surface area contributed by atoms with E-state index in [-0.39, 0.29) is 0 Å². The number of amides is 1. The van der Waals surface area contributed by atoms with Crippen LogP contribution in [0.3, 0.4) is 0 Å².